The quantitative estimate of drug-likeness (QED) is 0.421. The fourth-order valence-corrected chi connectivity index (χ4v) is 2.35. The van der Waals surface area contributed by atoms with Crippen LogP contribution in [0.5, 0.6) is 0 Å². The number of carbonyl (C=O) groups excluding carboxylic acids is 2. The monoisotopic (exact) mass is 335 g/mol. The van der Waals surface area contributed by atoms with Gasteiger partial charge in [-0.15, -0.1) is 0 Å². The predicted molar refractivity (Wildman–Crippen MR) is 80.2 cm³/mol. The van der Waals surface area contributed by atoms with E-state index >= 15 is 0 Å². The summed E-state index contributed by atoms with van der Waals surface area (Å²) in [5.41, 5.74) is 2.57. The number of fused-ring (bicyclic) bond motifs is 1. The Hall–Kier alpha value is -3.44. The lowest BCUT2D eigenvalue weighted by Gasteiger charge is -2.36. The highest BCUT2D eigenvalue weighted by Gasteiger charge is 2.46. The molecule has 1 aromatic rings. The molecule has 12 heteroatoms. The molecule has 0 aliphatic carbocycles. The van der Waals surface area contributed by atoms with Gasteiger partial charge in [0.2, 0.25) is 5.96 Å². The maximum Gasteiger partial charge on any atom is 0.433 e. The molecule has 0 aromatic carbocycles. The van der Waals surface area contributed by atoms with Crippen molar-refractivity contribution in [2.45, 2.75) is 12.2 Å². The number of furan rings is 1. The Bertz CT molecular complexity index is 770. The van der Waals surface area contributed by atoms with Gasteiger partial charge in [0.05, 0.1) is 12.3 Å². The molecule has 2 aliphatic rings. The predicted octanol–water partition coefficient (Wildman–Crippen LogP) is -0.711. The molecule has 0 bridgehead atoms. The van der Waals surface area contributed by atoms with Gasteiger partial charge >= 0.3 is 11.9 Å². The van der Waals surface area contributed by atoms with Crippen LogP contribution in [0.4, 0.5) is 10.7 Å². The summed E-state index contributed by atoms with van der Waals surface area (Å²) in [4.78, 5) is 40.3. The van der Waals surface area contributed by atoms with Crippen molar-refractivity contribution >= 4 is 30.0 Å². The lowest BCUT2D eigenvalue weighted by molar-refractivity contribution is -0.402. The van der Waals surface area contributed by atoms with E-state index in [1.54, 1.807) is 7.05 Å². The van der Waals surface area contributed by atoms with Gasteiger partial charge in [0.15, 0.2) is 11.9 Å². The zero-order valence-corrected chi connectivity index (χ0v) is 12.7. The van der Waals surface area contributed by atoms with Gasteiger partial charge in [0.1, 0.15) is 11.0 Å². The maximum absolute atomic E-state index is 12.1. The first kappa shape index (κ1) is 15.5. The largest absolute Gasteiger partial charge is 0.433 e. The summed E-state index contributed by atoms with van der Waals surface area (Å²) < 4.78 is 4.90. The summed E-state index contributed by atoms with van der Waals surface area (Å²) in [6.07, 6.45) is 0.561. The second-order valence-corrected chi connectivity index (χ2v) is 5.11. The molecule has 2 unspecified atom stereocenters. The minimum Gasteiger partial charge on any atom is -0.400 e. The minimum absolute atomic E-state index is 0.174. The first-order chi connectivity index (χ1) is 11.4. The Morgan fingerprint density at radius 3 is 2.88 bits per heavy atom. The summed E-state index contributed by atoms with van der Waals surface area (Å²) in [6.45, 7) is 0. The van der Waals surface area contributed by atoms with Crippen molar-refractivity contribution < 1.29 is 18.9 Å². The number of imide groups is 1. The van der Waals surface area contributed by atoms with Crippen LogP contribution in [0.1, 0.15) is 5.76 Å². The molecule has 24 heavy (non-hydrogen) atoms. The second kappa shape index (κ2) is 5.64. The third kappa shape index (κ3) is 2.53. The van der Waals surface area contributed by atoms with E-state index in [-0.39, 0.29) is 11.7 Å². The van der Waals surface area contributed by atoms with E-state index < -0.39 is 35.0 Å². The van der Waals surface area contributed by atoms with Gasteiger partial charge in [-0.3, -0.25) is 19.8 Å². The SMILES string of the molecule is CN1C(=O)C2NC(NN=Cc3ccc([N+](=O)[O-])o3)=NC2N(C)C1=O. The molecule has 3 rings (SSSR count). The molecule has 0 radical (unpaired) electrons. The Labute approximate surface area is 134 Å². The number of amides is 3. The number of urea groups is 1. The molecule has 3 amide bonds. The zero-order chi connectivity index (χ0) is 17.4. The molecule has 12 nitrogen and oxygen atoms in total. The van der Waals surface area contributed by atoms with E-state index in [2.05, 4.69) is 20.8 Å². The Balaban J connectivity index is 1.66. The molecule has 1 saturated heterocycles. The van der Waals surface area contributed by atoms with Crippen molar-refractivity contribution in [2.24, 2.45) is 10.1 Å². The van der Waals surface area contributed by atoms with Crippen LogP contribution < -0.4 is 10.7 Å². The van der Waals surface area contributed by atoms with E-state index in [1.165, 1.54) is 30.3 Å². The average molecular weight is 335 g/mol. The number of carbonyl (C=O) groups is 2. The highest BCUT2D eigenvalue weighted by Crippen LogP contribution is 2.19. The minimum atomic E-state index is -0.694. The third-order valence-corrected chi connectivity index (χ3v) is 3.59. The highest BCUT2D eigenvalue weighted by molar-refractivity contribution is 6.03. The van der Waals surface area contributed by atoms with Crippen molar-refractivity contribution in [3.63, 3.8) is 0 Å². The first-order valence-corrected chi connectivity index (χ1v) is 6.80. The average Bonchev–Trinajstić information content (AvgIpc) is 3.18. The Morgan fingerprint density at radius 2 is 2.21 bits per heavy atom. The molecule has 0 saturated carbocycles. The fraction of sp³-hybridized carbons (Fsp3) is 0.333. The maximum atomic E-state index is 12.1. The molecule has 2 atom stereocenters. The summed E-state index contributed by atoms with van der Waals surface area (Å²) >= 11 is 0. The Morgan fingerprint density at radius 1 is 1.46 bits per heavy atom. The Kier molecular flexibility index (Phi) is 3.63. The zero-order valence-electron chi connectivity index (χ0n) is 12.7. The lowest BCUT2D eigenvalue weighted by atomic mass is 10.1. The molecule has 3 heterocycles. The van der Waals surface area contributed by atoms with Gasteiger partial charge in [-0.05, 0) is 6.07 Å². The second-order valence-electron chi connectivity index (χ2n) is 5.11. The van der Waals surface area contributed by atoms with Crippen LogP contribution in [-0.2, 0) is 4.79 Å². The standard InChI is InChI=1S/C12H13N7O5/c1-17-9-8(10(20)18(2)12(17)21)14-11(15-9)16-13-5-6-3-4-7(24-6)19(22)23/h3-5,8-9H,1-2H3,(H2,14,15,16). The van der Waals surface area contributed by atoms with Crippen molar-refractivity contribution in [3.05, 3.63) is 28.0 Å². The lowest BCUT2D eigenvalue weighted by Crippen LogP contribution is -2.63. The van der Waals surface area contributed by atoms with E-state index in [4.69, 9.17) is 4.42 Å². The molecule has 0 spiro atoms. The smallest absolute Gasteiger partial charge is 0.400 e. The van der Waals surface area contributed by atoms with Gasteiger partial charge in [-0.25, -0.2) is 15.2 Å². The molecule has 2 N–H and O–H groups in total. The summed E-state index contributed by atoms with van der Waals surface area (Å²) in [5.74, 6) is -0.416. The number of likely N-dealkylation sites (N-methyl/N-ethyl adjacent to an activating group) is 2. The molecular formula is C12H13N7O5. The molecular weight excluding hydrogens is 322 g/mol. The van der Waals surface area contributed by atoms with Gasteiger partial charge in [0.25, 0.3) is 5.91 Å². The number of hydrogen-bond acceptors (Lipinski definition) is 9. The van der Waals surface area contributed by atoms with Gasteiger partial charge < -0.3 is 14.6 Å². The fourth-order valence-electron chi connectivity index (χ4n) is 2.35. The number of guanidine groups is 1. The topological polar surface area (TPSA) is 146 Å². The van der Waals surface area contributed by atoms with Crippen LogP contribution in [0.25, 0.3) is 0 Å². The first-order valence-electron chi connectivity index (χ1n) is 6.80. The number of nitrogens with zero attached hydrogens (tertiary/aromatic N) is 5. The third-order valence-electron chi connectivity index (χ3n) is 3.59. The molecule has 1 fully saturated rings. The van der Waals surface area contributed by atoms with Crippen molar-refractivity contribution in [3.8, 4) is 0 Å². The number of nitrogens with one attached hydrogen (secondary N) is 2. The van der Waals surface area contributed by atoms with E-state index in [0.717, 1.165) is 4.90 Å². The highest BCUT2D eigenvalue weighted by atomic mass is 16.6. The summed E-state index contributed by atoms with van der Waals surface area (Å²) in [7, 11) is 2.94. The van der Waals surface area contributed by atoms with E-state index in [0.29, 0.717) is 0 Å². The van der Waals surface area contributed by atoms with E-state index in [9.17, 15) is 19.7 Å². The van der Waals surface area contributed by atoms with Crippen LogP contribution in [0.3, 0.4) is 0 Å². The van der Waals surface area contributed by atoms with Gasteiger partial charge in [0, 0.05) is 14.1 Å². The van der Waals surface area contributed by atoms with Gasteiger partial charge in [-0.1, -0.05) is 0 Å². The number of nitro groups is 1. The molecule has 126 valence electrons. The van der Waals surface area contributed by atoms with E-state index in [1.807, 2.05) is 0 Å². The number of aliphatic imine (C=N–C) groups is 1. The number of rotatable bonds is 3. The van der Waals surface area contributed by atoms with Crippen LogP contribution >= 0.6 is 0 Å². The van der Waals surface area contributed by atoms with Gasteiger partial charge in [-0.2, -0.15) is 5.10 Å². The molecule has 1 aromatic heterocycles. The normalized spacial score (nSPS) is 23.3. The van der Waals surface area contributed by atoms with Crippen LogP contribution in [0.15, 0.2) is 26.6 Å². The van der Waals surface area contributed by atoms with Crippen LogP contribution in [0, 0.1) is 10.1 Å². The van der Waals surface area contributed by atoms with Crippen LogP contribution in [0.2, 0.25) is 0 Å². The van der Waals surface area contributed by atoms with Crippen molar-refractivity contribution in [2.75, 3.05) is 14.1 Å². The van der Waals surface area contributed by atoms with Crippen LogP contribution in [-0.4, -0.2) is 65.1 Å². The van der Waals surface area contributed by atoms with Crippen molar-refractivity contribution in [1.29, 1.82) is 0 Å². The summed E-state index contributed by atoms with van der Waals surface area (Å²) in [6, 6.07) is 1.45. The number of hydrazone groups is 1. The van der Waals surface area contributed by atoms with Crippen molar-refractivity contribution in [1.82, 2.24) is 20.5 Å². The number of hydrogen-bond donors (Lipinski definition) is 2. The summed E-state index contributed by atoms with van der Waals surface area (Å²) in [5, 5.41) is 17.2. The molecule has 2 aliphatic heterocycles.